The van der Waals surface area contributed by atoms with Gasteiger partial charge in [-0.2, -0.15) is 0 Å². The van der Waals surface area contributed by atoms with Gasteiger partial charge in [0, 0.05) is 43.9 Å². The minimum atomic E-state index is -2.64. The first-order chi connectivity index (χ1) is 12.9. The van der Waals surface area contributed by atoms with Crippen LogP contribution in [0.25, 0.3) is 0 Å². The summed E-state index contributed by atoms with van der Waals surface area (Å²) in [7, 11) is 0. The van der Waals surface area contributed by atoms with Crippen molar-refractivity contribution in [2.24, 2.45) is 5.92 Å². The maximum absolute atomic E-state index is 13.4. The van der Waals surface area contributed by atoms with Crippen molar-refractivity contribution in [1.29, 1.82) is 0 Å². The second-order valence-corrected chi connectivity index (χ2v) is 8.41. The molecule has 3 atom stereocenters. The minimum Gasteiger partial charge on any atom is -0.392 e. The number of aliphatic hydroxyl groups is 1. The van der Waals surface area contributed by atoms with Gasteiger partial charge in [-0.1, -0.05) is 24.3 Å². The lowest BCUT2D eigenvalue weighted by molar-refractivity contribution is -0.143. The second-order valence-electron chi connectivity index (χ2n) is 8.41. The van der Waals surface area contributed by atoms with Crippen LogP contribution in [0.1, 0.15) is 43.2 Å². The lowest BCUT2D eigenvalue weighted by Gasteiger charge is -2.39. The molecule has 2 aliphatic carbocycles. The molecule has 27 heavy (non-hydrogen) atoms. The fourth-order valence-corrected chi connectivity index (χ4v) is 4.85. The maximum atomic E-state index is 13.4. The van der Waals surface area contributed by atoms with Crippen LogP contribution in [-0.4, -0.2) is 53.1 Å². The number of fused-ring (bicyclic) bond motifs is 1. The highest BCUT2D eigenvalue weighted by molar-refractivity contribution is 5.79. The van der Waals surface area contributed by atoms with Gasteiger partial charge in [-0.25, -0.2) is 8.78 Å². The fraction of sp³-hybridized carbons (Fsp3) is 0.667. The van der Waals surface area contributed by atoms with Gasteiger partial charge < -0.3 is 15.3 Å². The lowest BCUT2D eigenvalue weighted by atomic mass is 9.82. The predicted octanol–water partition coefficient (Wildman–Crippen LogP) is 2.53. The van der Waals surface area contributed by atoms with Crippen LogP contribution in [-0.2, 0) is 17.6 Å². The first kappa shape index (κ1) is 18.8. The number of nitrogens with zero attached hydrogens (tertiary/aromatic N) is 1. The molecule has 3 aliphatic rings. The molecule has 4 rings (SSSR count). The Morgan fingerprint density at radius 3 is 2.37 bits per heavy atom. The van der Waals surface area contributed by atoms with Crippen molar-refractivity contribution in [3.63, 3.8) is 0 Å². The van der Waals surface area contributed by atoms with Crippen LogP contribution in [0.15, 0.2) is 24.3 Å². The van der Waals surface area contributed by atoms with Crippen molar-refractivity contribution in [3.05, 3.63) is 35.4 Å². The van der Waals surface area contributed by atoms with E-state index in [-0.39, 0.29) is 49.8 Å². The molecule has 0 aromatic heterocycles. The standard InChI is InChI=1S/C21H28F2N2O2/c22-21(23)7-9-25(10-8-21)20(27)16-5-6-19(26)18(13-16)24-17-11-14-3-1-2-4-15(14)12-17/h1-4,16-19,24,26H,5-13H2. The van der Waals surface area contributed by atoms with Gasteiger partial charge >= 0.3 is 0 Å². The van der Waals surface area contributed by atoms with Crippen molar-refractivity contribution < 1.29 is 18.7 Å². The number of rotatable bonds is 3. The Balaban J connectivity index is 1.34. The molecule has 0 spiro atoms. The van der Waals surface area contributed by atoms with E-state index in [9.17, 15) is 18.7 Å². The Morgan fingerprint density at radius 1 is 1.11 bits per heavy atom. The van der Waals surface area contributed by atoms with Gasteiger partial charge in [0.25, 0.3) is 5.92 Å². The number of aliphatic hydroxyl groups excluding tert-OH is 1. The Labute approximate surface area is 158 Å². The van der Waals surface area contributed by atoms with Crippen LogP contribution < -0.4 is 5.32 Å². The number of carbonyl (C=O) groups is 1. The third-order valence-corrected chi connectivity index (χ3v) is 6.47. The molecule has 1 amide bonds. The largest absolute Gasteiger partial charge is 0.392 e. The zero-order valence-corrected chi connectivity index (χ0v) is 15.5. The summed E-state index contributed by atoms with van der Waals surface area (Å²) >= 11 is 0. The molecular formula is C21H28F2N2O2. The third-order valence-electron chi connectivity index (χ3n) is 6.47. The molecule has 148 valence electrons. The highest BCUT2D eigenvalue weighted by atomic mass is 19.3. The summed E-state index contributed by atoms with van der Waals surface area (Å²) in [5.74, 6) is -2.83. The highest BCUT2D eigenvalue weighted by Crippen LogP contribution is 2.32. The van der Waals surface area contributed by atoms with Crippen LogP contribution in [0.3, 0.4) is 0 Å². The summed E-state index contributed by atoms with van der Waals surface area (Å²) in [5.41, 5.74) is 2.70. The number of nitrogens with one attached hydrogen (secondary N) is 1. The first-order valence-corrected chi connectivity index (χ1v) is 10.1. The normalized spacial score (nSPS) is 30.9. The van der Waals surface area contributed by atoms with Crippen LogP contribution >= 0.6 is 0 Å². The van der Waals surface area contributed by atoms with Crippen LogP contribution in [0.5, 0.6) is 0 Å². The average molecular weight is 378 g/mol. The number of alkyl halides is 2. The number of amides is 1. The number of carbonyl (C=O) groups excluding carboxylic acids is 1. The highest BCUT2D eigenvalue weighted by Gasteiger charge is 2.40. The Hall–Kier alpha value is -1.53. The van der Waals surface area contributed by atoms with Crippen molar-refractivity contribution in [2.75, 3.05) is 13.1 Å². The predicted molar refractivity (Wildman–Crippen MR) is 98.7 cm³/mol. The molecule has 1 saturated carbocycles. The Morgan fingerprint density at radius 2 is 1.74 bits per heavy atom. The number of likely N-dealkylation sites (tertiary alicyclic amines) is 1. The monoisotopic (exact) mass is 378 g/mol. The number of piperidine rings is 1. The van der Waals surface area contributed by atoms with E-state index < -0.39 is 12.0 Å². The molecule has 0 radical (unpaired) electrons. The Bertz CT molecular complexity index is 662. The topological polar surface area (TPSA) is 52.6 Å². The van der Waals surface area contributed by atoms with Gasteiger partial charge in [-0.05, 0) is 43.2 Å². The van der Waals surface area contributed by atoms with Gasteiger partial charge in [0.2, 0.25) is 5.91 Å². The molecule has 1 aromatic rings. The number of benzene rings is 1. The number of halogens is 2. The molecule has 1 saturated heterocycles. The molecule has 2 N–H and O–H groups in total. The van der Waals surface area contributed by atoms with Gasteiger partial charge in [0.05, 0.1) is 6.10 Å². The SMILES string of the molecule is O=C(C1CCC(O)C(NC2Cc3ccccc3C2)C1)N1CCC(F)(F)CC1. The van der Waals surface area contributed by atoms with E-state index in [1.165, 1.54) is 11.1 Å². The van der Waals surface area contributed by atoms with Crippen molar-refractivity contribution in [1.82, 2.24) is 10.2 Å². The maximum Gasteiger partial charge on any atom is 0.251 e. The summed E-state index contributed by atoms with van der Waals surface area (Å²) in [6, 6.07) is 8.56. The Kier molecular flexibility index (Phi) is 5.21. The summed E-state index contributed by atoms with van der Waals surface area (Å²) < 4.78 is 26.7. The van der Waals surface area contributed by atoms with Gasteiger partial charge in [-0.3, -0.25) is 4.79 Å². The average Bonchev–Trinajstić information content (AvgIpc) is 3.05. The van der Waals surface area contributed by atoms with Crippen LogP contribution in [0.2, 0.25) is 0 Å². The summed E-state index contributed by atoms with van der Waals surface area (Å²) in [6.45, 7) is 0.280. The first-order valence-electron chi connectivity index (χ1n) is 10.1. The zero-order valence-electron chi connectivity index (χ0n) is 15.5. The molecule has 6 heteroatoms. The fourth-order valence-electron chi connectivity index (χ4n) is 4.85. The van der Waals surface area contributed by atoms with Crippen molar-refractivity contribution in [2.45, 2.75) is 69.1 Å². The summed E-state index contributed by atoms with van der Waals surface area (Å²) in [6.07, 6.45) is 2.75. The van der Waals surface area contributed by atoms with Crippen molar-refractivity contribution in [3.8, 4) is 0 Å². The lowest BCUT2D eigenvalue weighted by Crippen LogP contribution is -2.52. The van der Waals surface area contributed by atoms with Crippen LogP contribution in [0, 0.1) is 5.92 Å². The minimum absolute atomic E-state index is 0.0149. The number of hydrogen-bond acceptors (Lipinski definition) is 3. The molecular weight excluding hydrogens is 350 g/mol. The zero-order chi connectivity index (χ0) is 19.0. The molecule has 1 heterocycles. The van der Waals surface area contributed by atoms with E-state index in [2.05, 4.69) is 17.4 Å². The van der Waals surface area contributed by atoms with E-state index in [1.807, 2.05) is 12.1 Å². The van der Waals surface area contributed by atoms with E-state index in [0.717, 1.165) is 12.8 Å². The van der Waals surface area contributed by atoms with E-state index >= 15 is 0 Å². The molecule has 2 fully saturated rings. The molecule has 4 nitrogen and oxygen atoms in total. The summed E-state index contributed by atoms with van der Waals surface area (Å²) in [5, 5.41) is 14.0. The van der Waals surface area contributed by atoms with Gasteiger partial charge in [-0.15, -0.1) is 0 Å². The smallest absolute Gasteiger partial charge is 0.251 e. The quantitative estimate of drug-likeness (QED) is 0.850. The van der Waals surface area contributed by atoms with Crippen LogP contribution in [0.4, 0.5) is 8.78 Å². The van der Waals surface area contributed by atoms with Crippen molar-refractivity contribution >= 4 is 5.91 Å². The molecule has 0 bridgehead atoms. The van der Waals surface area contributed by atoms with E-state index in [1.54, 1.807) is 4.90 Å². The molecule has 3 unspecified atom stereocenters. The van der Waals surface area contributed by atoms with Gasteiger partial charge in [0.15, 0.2) is 0 Å². The molecule has 1 aliphatic heterocycles. The van der Waals surface area contributed by atoms with E-state index in [4.69, 9.17) is 0 Å². The number of hydrogen-bond donors (Lipinski definition) is 2. The third kappa shape index (κ3) is 4.16. The van der Waals surface area contributed by atoms with Gasteiger partial charge in [0.1, 0.15) is 0 Å². The second kappa shape index (κ2) is 7.47. The molecule has 1 aromatic carbocycles. The summed E-state index contributed by atoms with van der Waals surface area (Å²) in [4.78, 5) is 14.4. The van der Waals surface area contributed by atoms with E-state index in [0.29, 0.717) is 19.3 Å².